The predicted molar refractivity (Wildman–Crippen MR) is 112 cm³/mol. The summed E-state index contributed by atoms with van der Waals surface area (Å²) in [6, 6.07) is 13.2. The van der Waals surface area contributed by atoms with Crippen molar-refractivity contribution < 1.29 is 23.5 Å². The normalized spacial score (nSPS) is 18.2. The van der Waals surface area contributed by atoms with E-state index >= 15 is 0 Å². The first-order valence-electron chi connectivity index (χ1n) is 9.20. The molecule has 4 rings (SSSR count). The molecule has 1 aromatic heterocycles. The smallest absolute Gasteiger partial charge is 0.296 e. The average molecular weight is 470 g/mol. The monoisotopic (exact) mass is 469 g/mol. The number of carbonyl (C=O) groups is 2. The molecule has 1 fully saturated rings. The van der Waals surface area contributed by atoms with E-state index in [1.54, 1.807) is 36.4 Å². The Kier molecular flexibility index (Phi) is 5.30. The van der Waals surface area contributed by atoms with Crippen molar-refractivity contribution in [1.29, 1.82) is 0 Å². The van der Waals surface area contributed by atoms with Crippen molar-refractivity contribution >= 4 is 33.4 Å². The molecule has 1 aliphatic rings. The first kappa shape index (κ1) is 20.1. The Labute approximate surface area is 180 Å². The summed E-state index contributed by atoms with van der Waals surface area (Å²) in [7, 11) is 0. The van der Waals surface area contributed by atoms with Crippen LogP contribution in [0, 0.1) is 12.7 Å². The number of carbonyl (C=O) groups excluding carboxylic acids is 2. The standard InChI is InChI=1S/C23H17BrFNO4/c1-13-11-14(8-9-17(13)24)21(27)19-20(16-6-2-3-7-18(16)25)26(23(29)22(19)28)12-15-5-4-10-30-15/h2-11,20,27H,12H2,1H3/b21-19+. The molecule has 1 unspecified atom stereocenters. The van der Waals surface area contributed by atoms with Gasteiger partial charge in [-0.25, -0.2) is 4.39 Å². The van der Waals surface area contributed by atoms with Gasteiger partial charge >= 0.3 is 0 Å². The van der Waals surface area contributed by atoms with Crippen LogP contribution in [0.1, 0.15) is 28.5 Å². The van der Waals surface area contributed by atoms with E-state index in [4.69, 9.17) is 4.42 Å². The summed E-state index contributed by atoms with van der Waals surface area (Å²) in [6.45, 7) is 1.80. The van der Waals surface area contributed by atoms with E-state index in [0.29, 0.717) is 11.3 Å². The van der Waals surface area contributed by atoms with E-state index in [2.05, 4.69) is 15.9 Å². The third-order valence-electron chi connectivity index (χ3n) is 5.08. The number of hydrogen-bond donors (Lipinski definition) is 1. The summed E-state index contributed by atoms with van der Waals surface area (Å²) in [5, 5.41) is 11.0. The van der Waals surface area contributed by atoms with Crippen LogP contribution in [0.3, 0.4) is 0 Å². The lowest BCUT2D eigenvalue weighted by Crippen LogP contribution is -2.29. The highest BCUT2D eigenvalue weighted by Gasteiger charge is 2.47. The number of hydrogen-bond acceptors (Lipinski definition) is 4. The lowest BCUT2D eigenvalue weighted by atomic mass is 9.94. The van der Waals surface area contributed by atoms with E-state index < -0.39 is 23.5 Å². The van der Waals surface area contributed by atoms with Gasteiger partial charge in [0, 0.05) is 15.6 Å². The first-order valence-corrected chi connectivity index (χ1v) is 9.99. The van der Waals surface area contributed by atoms with Gasteiger partial charge in [0.2, 0.25) is 0 Å². The lowest BCUT2D eigenvalue weighted by Gasteiger charge is -2.24. The average Bonchev–Trinajstić information content (AvgIpc) is 3.32. The van der Waals surface area contributed by atoms with E-state index in [-0.39, 0.29) is 23.4 Å². The number of aliphatic hydroxyl groups excluding tert-OH is 1. The van der Waals surface area contributed by atoms with Crippen LogP contribution in [0.2, 0.25) is 0 Å². The molecule has 2 heterocycles. The van der Waals surface area contributed by atoms with Crippen LogP contribution in [0.25, 0.3) is 5.76 Å². The van der Waals surface area contributed by atoms with Crippen molar-refractivity contribution in [2.45, 2.75) is 19.5 Å². The third kappa shape index (κ3) is 3.45. The number of Topliss-reactive ketones (excluding diaryl/α,β-unsaturated/α-hetero) is 1. The Balaban J connectivity index is 1.90. The highest BCUT2D eigenvalue weighted by molar-refractivity contribution is 9.10. The van der Waals surface area contributed by atoms with Crippen LogP contribution in [0.15, 0.2) is 75.3 Å². The second-order valence-corrected chi connectivity index (χ2v) is 7.85. The van der Waals surface area contributed by atoms with Gasteiger partial charge in [-0.15, -0.1) is 0 Å². The van der Waals surface area contributed by atoms with E-state index in [1.165, 1.54) is 29.4 Å². The number of amides is 1. The summed E-state index contributed by atoms with van der Waals surface area (Å²) >= 11 is 3.40. The van der Waals surface area contributed by atoms with Crippen LogP contribution >= 0.6 is 15.9 Å². The number of nitrogens with zero attached hydrogens (tertiary/aromatic N) is 1. The van der Waals surface area contributed by atoms with Crippen molar-refractivity contribution in [3.05, 3.63) is 99.2 Å². The summed E-state index contributed by atoms with van der Waals surface area (Å²) in [4.78, 5) is 27.0. The van der Waals surface area contributed by atoms with Gasteiger partial charge in [0.15, 0.2) is 0 Å². The van der Waals surface area contributed by atoms with Crippen LogP contribution in [0.5, 0.6) is 0 Å². The summed E-state index contributed by atoms with van der Waals surface area (Å²) in [6.07, 6.45) is 1.45. The Morgan fingerprint density at radius 2 is 1.93 bits per heavy atom. The summed E-state index contributed by atoms with van der Waals surface area (Å²) in [5.41, 5.74) is 1.18. The van der Waals surface area contributed by atoms with Gasteiger partial charge in [0.1, 0.15) is 17.3 Å². The summed E-state index contributed by atoms with van der Waals surface area (Å²) in [5.74, 6) is -2.17. The molecule has 0 aliphatic carbocycles. The lowest BCUT2D eigenvalue weighted by molar-refractivity contribution is -0.140. The molecule has 1 saturated heterocycles. The Bertz CT molecular complexity index is 1170. The largest absolute Gasteiger partial charge is 0.507 e. The molecule has 152 valence electrons. The number of aryl methyl sites for hydroxylation is 1. The molecule has 1 amide bonds. The highest BCUT2D eigenvalue weighted by Crippen LogP contribution is 2.41. The number of furan rings is 1. The third-order valence-corrected chi connectivity index (χ3v) is 5.97. The highest BCUT2D eigenvalue weighted by atomic mass is 79.9. The minimum atomic E-state index is -1.08. The van der Waals surface area contributed by atoms with Crippen molar-refractivity contribution in [2.75, 3.05) is 0 Å². The number of halogens is 2. The second-order valence-electron chi connectivity index (χ2n) is 6.99. The van der Waals surface area contributed by atoms with Crippen LogP contribution in [-0.4, -0.2) is 21.7 Å². The zero-order chi connectivity index (χ0) is 21.4. The van der Waals surface area contributed by atoms with E-state index in [9.17, 15) is 19.1 Å². The van der Waals surface area contributed by atoms with Crippen LogP contribution < -0.4 is 0 Å². The fraction of sp³-hybridized carbons (Fsp3) is 0.130. The fourth-order valence-corrected chi connectivity index (χ4v) is 3.83. The van der Waals surface area contributed by atoms with Gasteiger partial charge in [-0.2, -0.15) is 0 Å². The van der Waals surface area contributed by atoms with Crippen molar-refractivity contribution in [1.82, 2.24) is 4.90 Å². The predicted octanol–water partition coefficient (Wildman–Crippen LogP) is 5.11. The maximum Gasteiger partial charge on any atom is 0.296 e. The van der Waals surface area contributed by atoms with Crippen LogP contribution in [-0.2, 0) is 16.1 Å². The first-order chi connectivity index (χ1) is 14.4. The molecular weight excluding hydrogens is 453 g/mol. The zero-order valence-electron chi connectivity index (χ0n) is 15.9. The van der Waals surface area contributed by atoms with Gasteiger partial charge in [-0.1, -0.05) is 40.2 Å². The molecule has 1 atom stereocenters. The van der Waals surface area contributed by atoms with Gasteiger partial charge in [-0.05, 0) is 42.8 Å². The summed E-state index contributed by atoms with van der Waals surface area (Å²) < 4.78 is 20.9. The maximum atomic E-state index is 14.7. The van der Waals surface area contributed by atoms with Crippen LogP contribution in [0.4, 0.5) is 4.39 Å². The molecule has 1 N–H and O–H groups in total. The quantitative estimate of drug-likeness (QED) is 0.327. The van der Waals surface area contributed by atoms with Gasteiger partial charge in [0.25, 0.3) is 11.7 Å². The van der Waals surface area contributed by atoms with Gasteiger partial charge < -0.3 is 14.4 Å². The number of ketones is 1. The molecular formula is C23H17BrFNO4. The maximum absolute atomic E-state index is 14.7. The SMILES string of the molecule is Cc1cc(/C(O)=C2\C(=O)C(=O)N(Cc3ccco3)C2c2ccccc2F)ccc1Br. The number of likely N-dealkylation sites (tertiary alicyclic amines) is 1. The molecule has 3 aromatic rings. The van der Waals surface area contributed by atoms with Crippen molar-refractivity contribution in [3.63, 3.8) is 0 Å². The molecule has 0 saturated carbocycles. The van der Waals surface area contributed by atoms with E-state index in [0.717, 1.165) is 10.0 Å². The number of benzene rings is 2. The zero-order valence-corrected chi connectivity index (χ0v) is 17.5. The van der Waals surface area contributed by atoms with E-state index in [1.807, 2.05) is 6.92 Å². The topological polar surface area (TPSA) is 70.8 Å². The molecule has 30 heavy (non-hydrogen) atoms. The van der Waals surface area contributed by atoms with Crippen molar-refractivity contribution in [3.8, 4) is 0 Å². The van der Waals surface area contributed by atoms with Crippen molar-refractivity contribution in [2.24, 2.45) is 0 Å². The second kappa shape index (κ2) is 7.91. The Hall–Kier alpha value is -3.19. The molecule has 2 aromatic carbocycles. The fourth-order valence-electron chi connectivity index (χ4n) is 3.58. The molecule has 7 heteroatoms. The molecule has 0 bridgehead atoms. The molecule has 1 aliphatic heterocycles. The molecule has 0 spiro atoms. The Morgan fingerprint density at radius 1 is 1.17 bits per heavy atom. The number of aliphatic hydroxyl groups is 1. The van der Waals surface area contributed by atoms with Gasteiger partial charge in [-0.3, -0.25) is 9.59 Å². The number of rotatable bonds is 4. The Morgan fingerprint density at radius 3 is 2.60 bits per heavy atom. The molecule has 5 nitrogen and oxygen atoms in total. The molecule has 0 radical (unpaired) electrons. The van der Waals surface area contributed by atoms with Gasteiger partial charge in [0.05, 0.1) is 24.4 Å². The minimum Gasteiger partial charge on any atom is -0.507 e. The minimum absolute atomic E-state index is 0.0350.